The highest BCUT2D eigenvalue weighted by Gasteiger charge is 2.39. The van der Waals surface area contributed by atoms with E-state index in [4.69, 9.17) is 10.8 Å². The summed E-state index contributed by atoms with van der Waals surface area (Å²) in [6.07, 6.45) is 6.75. The van der Waals surface area contributed by atoms with E-state index in [1.807, 2.05) is 37.3 Å². The van der Waals surface area contributed by atoms with Crippen molar-refractivity contribution in [3.8, 4) is 0 Å². The number of nitrogens with zero attached hydrogens (tertiary/aromatic N) is 5. The van der Waals surface area contributed by atoms with Crippen LogP contribution >= 0.6 is 11.8 Å². The second-order valence-corrected chi connectivity index (χ2v) is 14.8. The number of carboxylic acid groups (broad SMARTS) is 1. The van der Waals surface area contributed by atoms with E-state index in [-0.39, 0.29) is 41.8 Å². The number of hydrogen-bond donors (Lipinski definition) is 5. The molecule has 3 aliphatic rings. The molecule has 1 aromatic carbocycles. The molecule has 0 bridgehead atoms. The van der Waals surface area contributed by atoms with E-state index < -0.39 is 23.5 Å². The van der Waals surface area contributed by atoms with E-state index in [1.54, 1.807) is 17.3 Å². The normalized spacial score (nSPS) is 20.5. The number of thioether (sulfide) groups is 1. The fourth-order valence-electron chi connectivity index (χ4n) is 6.45. The third-order valence-electron chi connectivity index (χ3n) is 9.49. The van der Waals surface area contributed by atoms with Gasteiger partial charge in [-0.05, 0) is 60.6 Å². The molecule has 1 fully saturated rings. The molecule has 3 unspecified atom stereocenters. The third-order valence-corrected chi connectivity index (χ3v) is 10.9. The smallest absolute Gasteiger partial charge is 0.322 e. The number of fused-ring (bicyclic) bond motifs is 1. The number of hydrazone groups is 1. The molecule has 5 rings (SSSR count). The number of pyridine rings is 1. The van der Waals surface area contributed by atoms with E-state index in [0.29, 0.717) is 83.4 Å². The third kappa shape index (κ3) is 10.3. The Morgan fingerprint density at radius 1 is 0.981 bits per heavy atom. The Morgan fingerprint density at radius 2 is 1.73 bits per heavy atom. The number of aliphatic hydroxyl groups excluding tert-OH is 1. The zero-order chi connectivity index (χ0) is 37.2. The van der Waals surface area contributed by atoms with E-state index in [0.717, 1.165) is 22.4 Å². The number of rotatable bonds is 17. The maximum atomic E-state index is 12.8. The lowest BCUT2D eigenvalue weighted by atomic mass is 9.93. The Balaban J connectivity index is 0.961. The molecule has 280 valence electrons. The number of amides is 5. The first-order valence-electron chi connectivity index (χ1n) is 17.8. The Hall–Kier alpha value is -4.54. The van der Waals surface area contributed by atoms with Gasteiger partial charge in [0.05, 0.1) is 11.0 Å². The standard InChI is InChI=1S/C36H48N8O7S/c1-23-17-32(47)44(41-33(23)24-8-10-27(11-9-24)40-36(51)42-20-25-12-14-38-19-26(25)21-42)16-6-4-13-39-30(45)7-3-2-5-15-43-31(46)18-29(34(43)48)52-22-28(37)35(49)50/h8-12,14,19,23,28-29,34,48H,2-7,13,15-18,20-22,37H2,1H3,(H,39,45)(H,40,51)(H,49,50)/t23?,28-,29?,34?/m0/s1. The van der Waals surface area contributed by atoms with Crippen LogP contribution in [0.1, 0.15) is 75.0 Å². The van der Waals surface area contributed by atoms with Crippen molar-refractivity contribution in [1.29, 1.82) is 0 Å². The van der Waals surface area contributed by atoms with Crippen LogP contribution in [0.4, 0.5) is 10.5 Å². The maximum Gasteiger partial charge on any atom is 0.322 e. The van der Waals surface area contributed by atoms with Gasteiger partial charge in [0.2, 0.25) is 17.7 Å². The highest BCUT2D eigenvalue weighted by atomic mass is 32.2. The van der Waals surface area contributed by atoms with E-state index in [2.05, 4.69) is 20.7 Å². The topological polar surface area (TPSA) is 211 Å². The molecule has 0 aliphatic carbocycles. The number of carboxylic acids is 1. The molecule has 1 saturated heterocycles. The monoisotopic (exact) mass is 736 g/mol. The number of nitrogens with two attached hydrogens (primary N) is 1. The summed E-state index contributed by atoms with van der Waals surface area (Å²) in [7, 11) is 0. The van der Waals surface area contributed by atoms with Crippen molar-refractivity contribution in [3.05, 3.63) is 59.4 Å². The van der Waals surface area contributed by atoms with Crippen molar-refractivity contribution >= 4 is 52.9 Å². The van der Waals surface area contributed by atoms with Crippen LogP contribution in [0.5, 0.6) is 0 Å². The number of aromatic nitrogens is 1. The fourth-order valence-corrected chi connectivity index (χ4v) is 7.62. The first kappa shape index (κ1) is 38.7. The summed E-state index contributed by atoms with van der Waals surface area (Å²) in [4.78, 5) is 68.5. The average molecular weight is 737 g/mol. The first-order chi connectivity index (χ1) is 25.0. The van der Waals surface area contributed by atoms with Gasteiger partial charge in [0.25, 0.3) is 0 Å². The Labute approximate surface area is 307 Å². The molecule has 3 aliphatic heterocycles. The Kier molecular flexibility index (Phi) is 13.6. The van der Waals surface area contributed by atoms with Gasteiger partial charge in [-0.1, -0.05) is 25.5 Å². The summed E-state index contributed by atoms with van der Waals surface area (Å²) in [6, 6.07) is 8.21. The molecule has 16 heteroatoms. The van der Waals surface area contributed by atoms with Crippen LogP contribution in [0, 0.1) is 5.92 Å². The summed E-state index contributed by atoms with van der Waals surface area (Å²) >= 11 is 1.20. The van der Waals surface area contributed by atoms with Crippen molar-refractivity contribution in [3.63, 3.8) is 0 Å². The quantitative estimate of drug-likeness (QED) is 0.150. The number of likely N-dealkylation sites (tertiary alicyclic amines) is 1. The number of carbonyl (C=O) groups excluding carboxylic acids is 4. The van der Waals surface area contributed by atoms with Crippen LogP contribution < -0.4 is 16.4 Å². The van der Waals surface area contributed by atoms with Gasteiger partial charge < -0.3 is 36.4 Å². The highest BCUT2D eigenvalue weighted by Crippen LogP contribution is 2.29. The molecule has 0 saturated carbocycles. The largest absolute Gasteiger partial charge is 0.480 e. The summed E-state index contributed by atoms with van der Waals surface area (Å²) in [6.45, 7) is 4.35. The van der Waals surface area contributed by atoms with Gasteiger partial charge in [0.1, 0.15) is 12.3 Å². The molecule has 5 amide bonds. The lowest BCUT2D eigenvalue weighted by molar-refractivity contribution is -0.138. The van der Waals surface area contributed by atoms with Gasteiger partial charge in [-0.15, -0.1) is 0 Å². The van der Waals surface area contributed by atoms with E-state index in [9.17, 15) is 29.1 Å². The van der Waals surface area contributed by atoms with Crippen LogP contribution in [0.25, 0.3) is 0 Å². The number of nitrogens with one attached hydrogen (secondary N) is 2. The summed E-state index contributed by atoms with van der Waals surface area (Å²) in [5, 5.41) is 31.1. The van der Waals surface area contributed by atoms with Crippen molar-refractivity contribution in [2.45, 2.75) is 88.9 Å². The minimum Gasteiger partial charge on any atom is -0.480 e. The number of aliphatic carboxylic acids is 1. The van der Waals surface area contributed by atoms with Gasteiger partial charge in [-0.25, -0.2) is 9.80 Å². The molecule has 4 heterocycles. The molecule has 15 nitrogen and oxygen atoms in total. The van der Waals surface area contributed by atoms with Gasteiger partial charge in [0.15, 0.2) is 0 Å². The van der Waals surface area contributed by atoms with Crippen molar-refractivity contribution in [1.82, 2.24) is 25.1 Å². The van der Waals surface area contributed by atoms with Gasteiger partial charge in [-0.2, -0.15) is 16.9 Å². The van der Waals surface area contributed by atoms with E-state index in [1.165, 1.54) is 21.7 Å². The molecule has 6 N–H and O–H groups in total. The van der Waals surface area contributed by atoms with Crippen molar-refractivity contribution < 1.29 is 34.2 Å². The number of benzene rings is 1. The summed E-state index contributed by atoms with van der Waals surface area (Å²) < 4.78 is 0. The molecule has 4 atom stereocenters. The maximum absolute atomic E-state index is 12.8. The number of carbonyl (C=O) groups is 5. The molecule has 2 aromatic rings. The van der Waals surface area contributed by atoms with Crippen LogP contribution in [-0.4, -0.2) is 108 Å². The molecule has 0 radical (unpaired) electrons. The number of hydrogen-bond acceptors (Lipinski definition) is 10. The average Bonchev–Trinajstić information content (AvgIpc) is 3.68. The predicted octanol–water partition coefficient (Wildman–Crippen LogP) is 2.72. The lowest BCUT2D eigenvalue weighted by Crippen LogP contribution is -2.38. The number of aliphatic hydroxyl groups is 1. The van der Waals surface area contributed by atoms with Crippen molar-refractivity contribution in [2.75, 3.05) is 30.7 Å². The van der Waals surface area contributed by atoms with E-state index >= 15 is 0 Å². The molecular formula is C36H48N8O7S. The van der Waals surface area contributed by atoms with Gasteiger partial charge in [0, 0.05) is 81.7 Å². The first-order valence-corrected chi connectivity index (χ1v) is 18.9. The van der Waals surface area contributed by atoms with Gasteiger partial charge in [-0.3, -0.25) is 24.2 Å². The number of urea groups is 1. The fraction of sp³-hybridized carbons (Fsp3) is 0.528. The minimum absolute atomic E-state index is 0.0363. The van der Waals surface area contributed by atoms with Crippen LogP contribution in [0.2, 0.25) is 0 Å². The zero-order valence-electron chi connectivity index (χ0n) is 29.4. The molecular weight excluding hydrogens is 689 g/mol. The second-order valence-electron chi connectivity index (χ2n) is 13.5. The number of unbranched alkanes of at least 4 members (excludes halogenated alkanes) is 3. The Morgan fingerprint density at radius 3 is 2.48 bits per heavy atom. The zero-order valence-corrected chi connectivity index (χ0v) is 30.2. The van der Waals surface area contributed by atoms with Crippen LogP contribution in [0.3, 0.4) is 0 Å². The summed E-state index contributed by atoms with van der Waals surface area (Å²) in [5.41, 5.74) is 10.1. The predicted molar refractivity (Wildman–Crippen MR) is 196 cm³/mol. The molecule has 0 spiro atoms. The van der Waals surface area contributed by atoms with Crippen LogP contribution in [0.15, 0.2) is 47.8 Å². The minimum atomic E-state index is -1.12. The second kappa shape index (κ2) is 18.3. The SMILES string of the molecule is CC1CC(=O)N(CCCCNC(=O)CCCCCN2C(=O)CC(SC[C@H](N)C(=O)O)C2O)N=C1c1ccc(NC(=O)N2Cc3ccncc3C2)cc1. The molecule has 52 heavy (non-hydrogen) atoms. The number of anilines is 1. The van der Waals surface area contributed by atoms with Crippen LogP contribution in [-0.2, 0) is 32.3 Å². The van der Waals surface area contributed by atoms with Crippen molar-refractivity contribution in [2.24, 2.45) is 16.8 Å². The summed E-state index contributed by atoms with van der Waals surface area (Å²) in [5.74, 6) is -1.32. The molecule has 1 aromatic heterocycles. The highest BCUT2D eigenvalue weighted by molar-refractivity contribution is 8.00. The Bertz CT molecular complexity index is 1620. The lowest BCUT2D eigenvalue weighted by Gasteiger charge is -2.28. The van der Waals surface area contributed by atoms with Gasteiger partial charge >= 0.3 is 12.0 Å².